The second-order valence-electron chi connectivity index (χ2n) is 45.3. The van der Waals surface area contributed by atoms with Crippen molar-refractivity contribution in [3.05, 3.63) is 0 Å². The Hall–Kier alpha value is -2.12. The summed E-state index contributed by atoms with van der Waals surface area (Å²) in [6.45, 7) is 28.8. The Morgan fingerprint density at radius 3 is 0.277 bits per heavy atom. The van der Waals surface area contributed by atoms with E-state index in [0.29, 0.717) is 48.1 Å². The summed E-state index contributed by atoms with van der Waals surface area (Å²) in [4.78, 5) is 41.7. The number of rotatable bonds is 112. The number of unbranched alkanes of at least 4 members (excludes halogenated alkanes) is 72. The molecule has 0 radical (unpaired) electrons. The van der Waals surface area contributed by atoms with Crippen LogP contribution in [0.4, 0.5) is 19.2 Å². The number of carboxylic acid groups (broad SMARTS) is 4. The van der Waals surface area contributed by atoms with E-state index in [1.165, 1.54) is 616 Å². The summed E-state index contributed by atoms with van der Waals surface area (Å²) in [7, 11) is 0. The predicted molar refractivity (Wildman–Crippen MR) is 609 cm³/mol. The van der Waals surface area contributed by atoms with E-state index in [1.54, 1.807) is 0 Å². The van der Waals surface area contributed by atoms with Crippen LogP contribution in [0.25, 0.3) is 0 Å². The van der Waals surface area contributed by atoms with Crippen molar-refractivity contribution in [2.45, 2.75) is 751 Å². The Morgan fingerprint density at radius 2 is 0.199 bits per heavy atom. The number of carbonyl (C=O) groups is 4. The summed E-state index contributed by atoms with van der Waals surface area (Å²) in [5.74, 6) is 0. The number of ether oxygens (including phenoxy) is 4. The summed E-state index contributed by atoms with van der Waals surface area (Å²) in [5.41, 5.74) is 2.17. The van der Waals surface area contributed by atoms with Crippen LogP contribution in [0, 0.1) is 21.7 Å². The van der Waals surface area contributed by atoms with Crippen molar-refractivity contribution in [2.75, 3.05) is 26.4 Å². The first-order chi connectivity index (χ1) is 68.4. The molecule has 13 heteroatoms. The van der Waals surface area contributed by atoms with Crippen molar-refractivity contribution < 1.29 is 58.6 Å². The molecule has 0 N–H and O–H groups in total. The molecule has 0 aromatic heterocycles. The number of hydrogen-bond donors (Lipinski definition) is 0. The molecule has 12 nitrogen and oxygen atoms in total. The molecule has 0 spiro atoms. The maximum absolute atomic E-state index is 10.4. The quantitative estimate of drug-likeness (QED) is 0.0242. The summed E-state index contributed by atoms with van der Waals surface area (Å²) in [5, 5.41) is 41.7. The minimum atomic E-state index is -1.39. The van der Waals surface area contributed by atoms with E-state index >= 15 is 0 Å². The summed E-state index contributed by atoms with van der Waals surface area (Å²) in [6, 6.07) is 0. The molecule has 0 bridgehead atoms. The van der Waals surface area contributed by atoms with Crippen molar-refractivity contribution in [1.29, 1.82) is 0 Å². The van der Waals surface area contributed by atoms with E-state index in [0.717, 1.165) is 51.4 Å². The van der Waals surface area contributed by atoms with Crippen LogP contribution in [0.15, 0.2) is 0 Å². The first-order valence-corrected chi connectivity index (χ1v) is 63.7. The van der Waals surface area contributed by atoms with Crippen LogP contribution < -0.4 is 20.4 Å². The molecule has 0 rings (SSSR count). The van der Waals surface area contributed by atoms with Gasteiger partial charge in [-0.1, -0.05) is 622 Å². The maximum atomic E-state index is 10.4. The van der Waals surface area contributed by atoms with Crippen LogP contribution in [-0.4, -0.2) is 75.0 Å². The normalized spacial score (nSPS) is 11.7. The van der Waals surface area contributed by atoms with Gasteiger partial charge in [-0.2, -0.15) is 0 Å². The average Bonchev–Trinajstić information content (AvgIpc) is 0.885. The van der Waals surface area contributed by atoms with Gasteiger partial charge in [0.2, 0.25) is 0 Å². The molecule has 0 saturated carbocycles. The number of hydrogen-bond acceptors (Lipinski definition) is 12. The third kappa shape index (κ3) is 113. The number of carbonyl (C=O) groups excluding carboxylic acids is 4. The molecule has 0 aliphatic rings. The fourth-order valence-corrected chi connectivity index (χ4v) is 22.8. The molecule has 0 aromatic rings. The van der Waals surface area contributed by atoms with Crippen LogP contribution in [0.1, 0.15) is 751 Å². The summed E-state index contributed by atoms with van der Waals surface area (Å²) in [6.07, 6.45) is 135. The van der Waals surface area contributed by atoms with Gasteiger partial charge in [0.05, 0.1) is 0 Å². The standard InChI is InChI=1S/4C32H64O3.Sn/c4*1-4-7-10-13-16-21-26-32(27-22-17-14-11-8-5-2,28-23-18-15-12-9-6-3)29-24-19-20-25-30-35-31(33)34;/h4*4-30H2,1-3H3,(H,33,34);/q;;;;+4/p-4. The topological polar surface area (TPSA) is 197 Å². The van der Waals surface area contributed by atoms with Crippen LogP contribution in [0.5, 0.6) is 0 Å². The van der Waals surface area contributed by atoms with Gasteiger partial charge in [0.25, 0.3) is 24.6 Å². The van der Waals surface area contributed by atoms with Crippen molar-refractivity contribution in [3.63, 3.8) is 0 Å². The minimum absolute atomic E-state index is 0. The third-order valence-corrected chi connectivity index (χ3v) is 32.0. The largest absolute Gasteiger partial charge is 4.00 e. The van der Waals surface area contributed by atoms with Gasteiger partial charge in [-0.15, -0.1) is 0 Å². The van der Waals surface area contributed by atoms with Crippen LogP contribution in [-0.2, 0) is 18.9 Å². The SMILES string of the molecule is CCCCCCCCC(CCCCCCCC)(CCCCCCCC)CCCCCCOC(=O)[O-].CCCCCCCCC(CCCCCCCC)(CCCCCCCC)CCCCCCOC(=O)[O-].CCCCCCCCC(CCCCCCCC)(CCCCCCCC)CCCCCCOC(=O)[O-].CCCCCCCCC(CCCCCCCC)(CCCCCCCC)CCCCCCOC(=O)[O-].[Sn+4]. The van der Waals surface area contributed by atoms with Gasteiger partial charge in [-0.25, -0.2) is 0 Å². The van der Waals surface area contributed by atoms with E-state index in [9.17, 15) is 39.6 Å². The maximum Gasteiger partial charge on any atom is 4.00 e. The molecule has 0 unspecified atom stereocenters. The van der Waals surface area contributed by atoms with Crippen molar-refractivity contribution in [2.24, 2.45) is 21.7 Å². The smallest absolute Gasteiger partial charge is 0.550 e. The zero-order valence-electron chi connectivity index (χ0n) is 97.8. The molecule has 0 aliphatic carbocycles. The fourth-order valence-electron chi connectivity index (χ4n) is 22.8. The first kappa shape index (κ1) is 147. The second kappa shape index (κ2) is 121. The van der Waals surface area contributed by atoms with Gasteiger partial charge in [-0.05, 0) is 150 Å². The summed E-state index contributed by atoms with van der Waals surface area (Å²) >= 11 is 0. The minimum Gasteiger partial charge on any atom is -0.550 e. The monoisotopic (exact) mass is 2100 g/mol. The average molecular weight is 2100 g/mol. The van der Waals surface area contributed by atoms with Crippen molar-refractivity contribution >= 4 is 48.5 Å². The molecule has 0 aromatic carbocycles. The molecule has 840 valence electrons. The van der Waals surface area contributed by atoms with Gasteiger partial charge < -0.3 is 58.6 Å². The first-order valence-electron chi connectivity index (χ1n) is 63.7. The van der Waals surface area contributed by atoms with E-state index in [2.05, 4.69) is 102 Å². The predicted octanol–water partition coefficient (Wildman–Crippen LogP) is 41.8. The second-order valence-corrected chi connectivity index (χ2v) is 45.3. The van der Waals surface area contributed by atoms with Gasteiger partial charge in [0, 0.05) is 26.4 Å². The van der Waals surface area contributed by atoms with Crippen LogP contribution in [0.2, 0.25) is 0 Å². The van der Waals surface area contributed by atoms with Gasteiger partial charge in [0.15, 0.2) is 0 Å². The Bertz CT molecular complexity index is 1900. The molecule has 0 amide bonds. The van der Waals surface area contributed by atoms with Crippen molar-refractivity contribution in [3.8, 4) is 0 Å². The molecular formula is C128H252O12Sn. The molecule has 0 atom stereocenters. The fraction of sp³-hybridized carbons (Fsp3) is 0.969. The van der Waals surface area contributed by atoms with Crippen molar-refractivity contribution in [1.82, 2.24) is 0 Å². The van der Waals surface area contributed by atoms with Gasteiger partial charge >= 0.3 is 23.9 Å². The molecular weight excluding hydrogens is 1850 g/mol. The Labute approximate surface area is 899 Å². The zero-order valence-corrected chi connectivity index (χ0v) is 101. The Morgan fingerprint density at radius 1 is 0.128 bits per heavy atom. The van der Waals surface area contributed by atoms with Gasteiger partial charge in [-0.3, -0.25) is 0 Å². The Balaban J connectivity index is -0.000000582. The molecule has 0 fully saturated rings. The van der Waals surface area contributed by atoms with Crippen LogP contribution >= 0.6 is 0 Å². The molecule has 0 heterocycles. The van der Waals surface area contributed by atoms with E-state index in [4.69, 9.17) is 0 Å². The van der Waals surface area contributed by atoms with E-state index < -0.39 is 24.6 Å². The summed E-state index contributed by atoms with van der Waals surface area (Å²) < 4.78 is 18.3. The molecule has 0 saturated heterocycles. The molecule has 0 aliphatic heterocycles. The van der Waals surface area contributed by atoms with Crippen LogP contribution in [0.3, 0.4) is 0 Å². The van der Waals surface area contributed by atoms with E-state index in [1.807, 2.05) is 0 Å². The van der Waals surface area contributed by atoms with Gasteiger partial charge in [0.1, 0.15) is 0 Å². The van der Waals surface area contributed by atoms with E-state index in [-0.39, 0.29) is 23.9 Å². The zero-order chi connectivity index (χ0) is 104. The third-order valence-electron chi connectivity index (χ3n) is 32.0. The molecule has 141 heavy (non-hydrogen) atoms. The Kier molecular flexibility index (Phi) is 127.